The molecule has 2 N–H and O–H groups in total. The molecule has 9 heteroatoms. The number of hydrogen-bond donors (Lipinski definition) is 2. The number of aliphatic hydroxyl groups excluding tert-OH is 1. The molecule has 0 aromatic rings. The van der Waals surface area contributed by atoms with Crippen LogP contribution in [0.25, 0.3) is 0 Å². The number of nitrogens with zero attached hydrogens (tertiary/aromatic N) is 1. The van der Waals surface area contributed by atoms with Crippen LogP contribution in [0.4, 0.5) is 0 Å². The highest BCUT2D eigenvalue weighted by molar-refractivity contribution is 7.45. The van der Waals surface area contributed by atoms with Crippen molar-refractivity contribution in [3.63, 3.8) is 0 Å². The van der Waals surface area contributed by atoms with Crippen LogP contribution in [0.1, 0.15) is 348 Å². The number of hydrogen-bond acceptors (Lipinski definition) is 6. The average Bonchev–Trinajstić information content (AvgIpc) is 3.72. The molecule has 0 aromatic heterocycles. The molecule has 0 spiro atoms. The van der Waals surface area contributed by atoms with Gasteiger partial charge in [0.25, 0.3) is 7.82 Å². The molecule has 0 radical (unpaired) electrons. The van der Waals surface area contributed by atoms with Gasteiger partial charge in [-0.3, -0.25) is 9.36 Å². The van der Waals surface area contributed by atoms with Crippen LogP contribution >= 0.6 is 7.82 Å². The Kier molecular flexibility index (Phi) is 68.3. The van der Waals surface area contributed by atoms with Gasteiger partial charge in [0, 0.05) is 6.42 Å². The topological polar surface area (TPSA) is 108 Å². The van der Waals surface area contributed by atoms with Crippen LogP contribution < -0.4 is 10.2 Å². The summed E-state index contributed by atoms with van der Waals surface area (Å²) in [6, 6.07) is -0.895. The Morgan fingerprint density at radius 3 is 0.989 bits per heavy atom. The first-order valence-electron chi connectivity index (χ1n) is 38.2. The van der Waals surface area contributed by atoms with Gasteiger partial charge in [-0.2, -0.15) is 0 Å². The summed E-state index contributed by atoms with van der Waals surface area (Å²) in [5.74, 6) is -0.197. The molecule has 3 atom stereocenters. The molecule has 0 saturated heterocycles. The van der Waals surface area contributed by atoms with Crippen LogP contribution in [-0.4, -0.2) is 68.5 Å². The number of rotatable bonds is 70. The van der Waals surface area contributed by atoms with E-state index in [-0.39, 0.29) is 19.1 Å². The number of likely N-dealkylation sites (N-methyl/N-ethyl adjacent to an activating group) is 1. The first-order chi connectivity index (χ1) is 44.0. The summed E-state index contributed by atoms with van der Waals surface area (Å²) in [4.78, 5) is 25.7. The molecule has 522 valence electrons. The van der Waals surface area contributed by atoms with Crippen LogP contribution in [-0.2, 0) is 18.4 Å². The van der Waals surface area contributed by atoms with E-state index in [1.165, 1.54) is 238 Å². The van der Waals surface area contributed by atoms with E-state index in [4.69, 9.17) is 9.05 Å². The maximum atomic E-state index is 13.1. The van der Waals surface area contributed by atoms with Crippen molar-refractivity contribution in [1.82, 2.24) is 5.32 Å². The zero-order valence-electron chi connectivity index (χ0n) is 59.8. The van der Waals surface area contributed by atoms with Crippen molar-refractivity contribution >= 4 is 13.7 Å². The van der Waals surface area contributed by atoms with Crippen LogP contribution in [0.5, 0.6) is 0 Å². The average molecular weight is 1280 g/mol. The normalized spacial score (nSPS) is 14.2. The highest BCUT2D eigenvalue weighted by atomic mass is 31.2. The summed E-state index contributed by atoms with van der Waals surface area (Å²) >= 11 is 0. The van der Waals surface area contributed by atoms with Gasteiger partial charge in [-0.25, -0.2) is 0 Å². The Hall–Kier alpha value is -2.84. The Bertz CT molecular complexity index is 1840. The van der Waals surface area contributed by atoms with E-state index >= 15 is 0 Å². The van der Waals surface area contributed by atoms with Gasteiger partial charge in [0.1, 0.15) is 13.2 Å². The minimum Gasteiger partial charge on any atom is -0.756 e. The van der Waals surface area contributed by atoms with E-state index in [9.17, 15) is 19.4 Å². The fourth-order valence-corrected chi connectivity index (χ4v) is 11.8. The zero-order valence-corrected chi connectivity index (χ0v) is 60.7. The van der Waals surface area contributed by atoms with Gasteiger partial charge in [0.2, 0.25) is 5.91 Å². The number of aliphatic hydroxyl groups is 1. The van der Waals surface area contributed by atoms with E-state index in [0.29, 0.717) is 17.4 Å². The second-order valence-electron chi connectivity index (χ2n) is 27.0. The molecular weight excluding hydrogens is 1130 g/mol. The Morgan fingerprint density at radius 2 is 0.678 bits per heavy atom. The first kappa shape index (κ1) is 87.2. The van der Waals surface area contributed by atoms with Gasteiger partial charge in [0.15, 0.2) is 0 Å². The number of phosphoric ester groups is 1. The summed E-state index contributed by atoms with van der Waals surface area (Å²) < 4.78 is 23.5. The summed E-state index contributed by atoms with van der Waals surface area (Å²) in [5, 5.41) is 14.0. The number of nitrogens with one attached hydrogen (secondary N) is 1. The Morgan fingerprint density at radius 1 is 0.400 bits per heavy atom. The molecule has 8 nitrogen and oxygen atoms in total. The predicted octanol–water partition coefficient (Wildman–Crippen LogP) is 24.4. The number of phosphoric acid groups is 1. The number of amides is 1. The summed E-state index contributed by atoms with van der Waals surface area (Å²) in [7, 11) is 1.26. The van der Waals surface area contributed by atoms with Crippen molar-refractivity contribution in [2.45, 2.75) is 360 Å². The fraction of sp³-hybridized carbons (Fsp3) is 0.765. The number of carbonyl (C=O) groups excluding carboxylic acids is 1. The van der Waals surface area contributed by atoms with Crippen molar-refractivity contribution in [3.8, 4) is 0 Å². The third kappa shape index (κ3) is 72.6. The molecule has 0 aliphatic rings. The minimum absolute atomic E-state index is 0.00376. The molecule has 3 unspecified atom stereocenters. The number of carbonyl (C=O) groups is 1. The van der Waals surface area contributed by atoms with Gasteiger partial charge in [0.05, 0.1) is 39.9 Å². The van der Waals surface area contributed by atoms with Crippen molar-refractivity contribution < 1.29 is 32.9 Å². The van der Waals surface area contributed by atoms with E-state index in [2.05, 4.69) is 116 Å². The summed E-state index contributed by atoms with van der Waals surface area (Å²) in [5.41, 5.74) is 0. The summed E-state index contributed by atoms with van der Waals surface area (Å²) in [6.07, 6.45) is 104. The molecule has 0 aromatic carbocycles. The van der Waals surface area contributed by atoms with Crippen LogP contribution in [0, 0.1) is 0 Å². The van der Waals surface area contributed by atoms with Crippen molar-refractivity contribution in [1.29, 1.82) is 0 Å². The van der Waals surface area contributed by atoms with Crippen LogP contribution in [0.3, 0.4) is 0 Å². The van der Waals surface area contributed by atoms with Gasteiger partial charge in [-0.05, 0) is 83.5 Å². The van der Waals surface area contributed by atoms with Crippen LogP contribution in [0.2, 0.25) is 0 Å². The highest BCUT2D eigenvalue weighted by Gasteiger charge is 2.23. The molecule has 0 aliphatic heterocycles. The SMILES string of the molecule is CC/C=C\C/C=C\C/C=C\C/C=C\C/C=C\C/C=C\C/C=C\C/C=C\CCCCCCCCCCCCCCCCC(=O)NC(COP(=O)([O-])OCC[N+](C)(C)C)C(O)/C=C/CCCCCCCCCCCCCCCCCCCCCCCCCCCCC. The Balaban J connectivity index is 4.04. The maximum absolute atomic E-state index is 13.1. The van der Waals surface area contributed by atoms with E-state index < -0.39 is 20.0 Å². The van der Waals surface area contributed by atoms with Gasteiger partial charge in [-0.15, -0.1) is 0 Å². The van der Waals surface area contributed by atoms with Crippen molar-refractivity contribution in [2.24, 2.45) is 0 Å². The zero-order chi connectivity index (χ0) is 65.5. The predicted molar refractivity (Wildman–Crippen MR) is 394 cm³/mol. The molecule has 0 saturated carbocycles. The maximum Gasteiger partial charge on any atom is 0.268 e. The highest BCUT2D eigenvalue weighted by Crippen LogP contribution is 2.38. The lowest BCUT2D eigenvalue weighted by atomic mass is 10.0. The van der Waals surface area contributed by atoms with Crippen molar-refractivity contribution in [3.05, 3.63) is 109 Å². The van der Waals surface area contributed by atoms with E-state index in [1.54, 1.807) is 6.08 Å². The molecule has 0 heterocycles. The smallest absolute Gasteiger partial charge is 0.268 e. The van der Waals surface area contributed by atoms with Gasteiger partial charge in [-0.1, -0.05) is 367 Å². The second-order valence-corrected chi connectivity index (χ2v) is 28.4. The standard InChI is InChI=1S/C81H147N2O6P/c1-6-8-10-12-14-16-18-20-22-24-26-28-30-32-34-36-37-38-39-40-41-42-43-44-45-47-49-51-53-55-57-59-61-63-65-67-69-71-73-75-81(85)82-79(78-89-90(86,87)88-77-76-83(3,4)5)80(84)74-72-70-68-66-64-62-60-58-56-54-52-50-48-46-35-33-31-29-27-25-23-21-19-17-15-13-11-9-7-2/h8,10,14,16,20,22,26,28,32,34,37-38,40-41,43-44,72,74,79-80,84H,6-7,9,11-13,15,17-19,21,23-25,27,29-31,33,35-36,39,42,45-71,73,75-78H2,1-5H3,(H-,82,85,86,87)/b10-8-,16-14-,22-20-,28-26-,34-32-,38-37-,41-40-,44-43-,74-72+. The van der Waals surface area contributed by atoms with Gasteiger partial charge >= 0.3 is 0 Å². The van der Waals surface area contributed by atoms with E-state index in [1.807, 2.05) is 27.2 Å². The lowest BCUT2D eigenvalue weighted by Gasteiger charge is -2.29. The molecule has 90 heavy (non-hydrogen) atoms. The third-order valence-corrected chi connectivity index (χ3v) is 18.0. The number of allylic oxidation sites excluding steroid dienone is 17. The molecule has 0 bridgehead atoms. The summed E-state index contributed by atoms with van der Waals surface area (Å²) in [6.45, 7) is 4.57. The fourth-order valence-electron chi connectivity index (χ4n) is 11.1. The molecule has 0 aliphatic carbocycles. The van der Waals surface area contributed by atoms with E-state index in [0.717, 1.165) is 89.9 Å². The second kappa shape index (κ2) is 70.5. The molecule has 0 fully saturated rings. The number of quaternary nitrogens is 1. The third-order valence-electron chi connectivity index (χ3n) is 17.0. The molecule has 0 rings (SSSR count). The van der Waals surface area contributed by atoms with Crippen molar-refractivity contribution in [2.75, 3.05) is 40.9 Å². The molecule has 1 amide bonds. The lowest BCUT2D eigenvalue weighted by Crippen LogP contribution is -2.45. The Labute approximate surface area is 559 Å². The molecular formula is C81H147N2O6P. The minimum atomic E-state index is -4.61. The monoisotopic (exact) mass is 1280 g/mol. The lowest BCUT2D eigenvalue weighted by molar-refractivity contribution is -0.870. The number of unbranched alkanes of at least 4 members (excludes halogenated alkanes) is 41. The quantitative estimate of drug-likeness (QED) is 0.0272. The first-order valence-corrected chi connectivity index (χ1v) is 39.7. The van der Waals surface area contributed by atoms with Gasteiger partial charge < -0.3 is 28.8 Å². The van der Waals surface area contributed by atoms with Crippen LogP contribution in [0.15, 0.2) is 109 Å². The largest absolute Gasteiger partial charge is 0.756 e.